The molecule has 88 heavy (non-hydrogen) atoms. The molecule has 2 aliphatic rings. The Hall–Kier alpha value is -7.36. The summed E-state index contributed by atoms with van der Waals surface area (Å²) in [4.78, 5) is 5.26. The maximum Gasteiger partial charge on any atom is 0.0449 e. The van der Waals surface area contributed by atoms with Crippen molar-refractivity contribution in [1.29, 1.82) is 0 Å². The highest BCUT2D eigenvalue weighted by Crippen LogP contribution is 2.59. The molecule has 442 valence electrons. The van der Waals surface area contributed by atoms with Crippen LogP contribution >= 0.6 is 22.7 Å². The van der Waals surface area contributed by atoms with Crippen molar-refractivity contribution in [3.63, 3.8) is 0 Å². The average Bonchev–Trinajstić information content (AvgIpc) is 1.45. The summed E-state index contributed by atoms with van der Waals surface area (Å²) in [7, 11) is 0. The summed E-state index contributed by atoms with van der Waals surface area (Å²) < 4.78 is 0. The summed E-state index contributed by atoms with van der Waals surface area (Å²) >= 11 is 3.89. The molecule has 12 aromatic rings. The maximum absolute atomic E-state index is 2.66. The lowest BCUT2D eigenvalue weighted by Gasteiger charge is -2.33. The van der Waals surface area contributed by atoms with Gasteiger partial charge in [0, 0.05) is 41.5 Å². The average molecular weight is 1180 g/mol. The number of benzene rings is 10. The van der Waals surface area contributed by atoms with Crippen LogP contribution in [0.5, 0.6) is 0 Å². The van der Waals surface area contributed by atoms with Crippen LogP contribution in [0, 0.1) is 0 Å². The molecule has 0 N–H and O–H groups in total. The molecule has 14 rings (SSSR count). The summed E-state index contributed by atoms with van der Waals surface area (Å²) in [6.07, 6.45) is 25.4. The Bertz CT molecular complexity index is 4060. The largest absolute Gasteiger partial charge is 0.134 e. The van der Waals surface area contributed by atoms with Crippen molar-refractivity contribution in [1.82, 2.24) is 0 Å². The van der Waals surface area contributed by atoms with Gasteiger partial charge in [-0.25, -0.2) is 0 Å². The minimum absolute atomic E-state index is 0.0264. The van der Waals surface area contributed by atoms with Crippen molar-refractivity contribution >= 4 is 65.8 Å². The summed E-state index contributed by atoms with van der Waals surface area (Å²) in [5.74, 6) is 0. The van der Waals surface area contributed by atoms with Crippen LogP contribution in [-0.2, 0) is 10.8 Å². The first-order valence-electron chi connectivity index (χ1n) is 34.1. The molecule has 0 atom stereocenters. The Morgan fingerprint density at radius 2 is 0.511 bits per heavy atom. The molecule has 0 fully saturated rings. The van der Waals surface area contributed by atoms with Gasteiger partial charge in [-0.05, 0) is 172 Å². The van der Waals surface area contributed by atoms with Crippen molar-refractivity contribution in [2.45, 2.75) is 167 Å². The van der Waals surface area contributed by atoms with Gasteiger partial charge in [0.1, 0.15) is 0 Å². The van der Waals surface area contributed by atoms with Crippen LogP contribution in [0.2, 0.25) is 0 Å². The van der Waals surface area contributed by atoms with Crippen LogP contribution < -0.4 is 0 Å². The molecular weight excluding hydrogens is 1100 g/mol. The fourth-order valence-electron chi connectivity index (χ4n) is 16.6. The number of fused-ring (bicyclic) bond motifs is 10. The Balaban J connectivity index is 0.845. The van der Waals surface area contributed by atoms with Gasteiger partial charge >= 0.3 is 0 Å². The highest BCUT2D eigenvalue weighted by Gasteiger charge is 2.44. The number of thiophene rings is 2. The summed E-state index contributed by atoms with van der Waals surface area (Å²) in [5.41, 5.74) is 20.1. The number of hydrogen-bond donors (Lipinski definition) is 0. The summed E-state index contributed by atoms with van der Waals surface area (Å²) in [6, 6.07) is 80.9. The first-order valence-corrected chi connectivity index (χ1v) is 35.7. The second kappa shape index (κ2) is 25.6. The van der Waals surface area contributed by atoms with Crippen LogP contribution in [0.3, 0.4) is 0 Å². The molecule has 2 heterocycles. The first-order chi connectivity index (χ1) is 43.5. The van der Waals surface area contributed by atoms with E-state index in [1.54, 1.807) is 22.3 Å². The van der Waals surface area contributed by atoms with E-state index in [1.165, 1.54) is 247 Å². The van der Waals surface area contributed by atoms with Crippen LogP contribution in [0.1, 0.15) is 178 Å². The molecule has 2 heteroatoms. The lowest BCUT2D eigenvalue weighted by molar-refractivity contribution is 0.401. The van der Waals surface area contributed by atoms with Gasteiger partial charge < -0.3 is 0 Å². The van der Waals surface area contributed by atoms with Crippen molar-refractivity contribution in [3.8, 4) is 75.1 Å². The molecule has 0 radical (unpaired) electrons. The fraction of sp³-hybridized carbons (Fsp3) is 0.302. The topological polar surface area (TPSA) is 0 Å². The third-order valence-electron chi connectivity index (χ3n) is 20.8. The second-order valence-corrected chi connectivity index (χ2v) is 28.2. The van der Waals surface area contributed by atoms with E-state index in [4.69, 9.17) is 0 Å². The first kappa shape index (κ1) is 58.3. The maximum atomic E-state index is 2.66. The lowest BCUT2D eigenvalue weighted by Crippen LogP contribution is -2.25. The van der Waals surface area contributed by atoms with Gasteiger partial charge in [0.15, 0.2) is 0 Å². The van der Waals surface area contributed by atoms with E-state index in [0.717, 1.165) is 0 Å². The highest BCUT2D eigenvalue weighted by atomic mass is 32.1. The standard InChI is InChI=1S/C86H86S2/c1-5-9-13-29-53-85(54-30-14-10-6-2)73-43-27-25-33-61(73)63-47-45-59(57-75(63)85)81-65-35-17-21-39-69(65)83(70-40-22-18-36-66(70)81)79-51-49-77(87-79)78-50-52-80(88-78)84-71-41-23-19-37-67(71)82(68-38-20-24-42-72(68)84)60-46-48-64-62-34-26-28-44-74(62)86(76(64)58-60,55-31-15-11-7-3)56-32-16-12-8-4/h17-28,33-52,57-58H,5-16,29-32,53-56H2,1-4H3. The Morgan fingerprint density at radius 3 is 0.830 bits per heavy atom. The van der Waals surface area contributed by atoms with E-state index in [0.29, 0.717) is 0 Å². The minimum atomic E-state index is 0.0264. The molecule has 0 bridgehead atoms. The predicted molar refractivity (Wildman–Crippen MR) is 387 cm³/mol. The minimum Gasteiger partial charge on any atom is -0.134 e. The molecule has 0 nitrogen and oxygen atoms in total. The molecule has 0 saturated carbocycles. The van der Waals surface area contributed by atoms with Crippen molar-refractivity contribution < 1.29 is 0 Å². The van der Waals surface area contributed by atoms with E-state index in [2.05, 4.69) is 234 Å². The number of rotatable bonds is 25. The Labute approximate surface area is 532 Å². The van der Waals surface area contributed by atoms with Crippen molar-refractivity contribution in [3.05, 3.63) is 229 Å². The van der Waals surface area contributed by atoms with Gasteiger partial charge in [0.2, 0.25) is 0 Å². The van der Waals surface area contributed by atoms with Crippen LogP contribution in [0.15, 0.2) is 206 Å². The Kier molecular flexibility index (Phi) is 17.0. The molecular formula is C86H86S2. The smallest absolute Gasteiger partial charge is 0.0449 e. The van der Waals surface area contributed by atoms with Gasteiger partial charge in [-0.3, -0.25) is 0 Å². The summed E-state index contributed by atoms with van der Waals surface area (Å²) in [6.45, 7) is 9.36. The van der Waals surface area contributed by atoms with Crippen molar-refractivity contribution in [2.24, 2.45) is 0 Å². The predicted octanol–water partition coefficient (Wildman–Crippen LogP) is 27.2. The van der Waals surface area contributed by atoms with Crippen LogP contribution in [0.25, 0.3) is 118 Å². The molecule has 0 spiro atoms. The third-order valence-corrected chi connectivity index (χ3v) is 23.2. The lowest BCUT2D eigenvalue weighted by atomic mass is 9.70. The van der Waals surface area contributed by atoms with Gasteiger partial charge in [-0.2, -0.15) is 0 Å². The molecule has 2 aliphatic carbocycles. The number of hydrogen-bond acceptors (Lipinski definition) is 2. The SMILES string of the molecule is CCCCCCC1(CCCCCC)c2ccccc2-c2ccc(-c3c4ccccc4c(-c4ccc(-c5ccc(-c6c7ccccc7c(-c7ccc8c(c7)C(CCCCCC)(CCCCCC)c7ccccc7-8)c7ccccc67)s5)s4)c4ccccc34)cc21. The summed E-state index contributed by atoms with van der Waals surface area (Å²) in [5, 5.41) is 10.6. The highest BCUT2D eigenvalue weighted by molar-refractivity contribution is 7.25. The second-order valence-electron chi connectivity index (χ2n) is 26.0. The molecule has 0 saturated heterocycles. The van der Waals surface area contributed by atoms with Crippen LogP contribution in [0.4, 0.5) is 0 Å². The van der Waals surface area contributed by atoms with E-state index >= 15 is 0 Å². The zero-order valence-electron chi connectivity index (χ0n) is 52.6. The molecule has 2 aromatic heterocycles. The van der Waals surface area contributed by atoms with E-state index in [1.807, 2.05) is 22.7 Å². The normalized spacial score (nSPS) is 13.6. The third kappa shape index (κ3) is 10.3. The zero-order chi connectivity index (χ0) is 59.6. The van der Waals surface area contributed by atoms with E-state index in [-0.39, 0.29) is 10.8 Å². The molecule has 0 aliphatic heterocycles. The van der Waals surface area contributed by atoms with Gasteiger partial charge in [0.05, 0.1) is 0 Å². The Morgan fingerprint density at radius 1 is 0.239 bits per heavy atom. The molecule has 0 unspecified atom stereocenters. The van der Waals surface area contributed by atoms with Gasteiger partial charge in [-0.1, -0.05) is 300 Å². The van der Waals surface area contributed by atoms with Gasteiger partial charge in [-0.15, -0.1) is 22.7 Å². The quantitative estimate of drug-likeness (QED) is 0.0395. The zero-order valence-corrected chi connectivity index (χ0v) is 54.2. The van der Waals surface area contributed by atoms with E-state index in [9.17, 15) is 0 Å². The number of unbranched alkanes of at least 4 members (excludes halogenated alkanes) is 12. The fourth-order valence-corrected chi connectivity index (χ4v) is 18.8. The van der Waals surface area contributed by atoms with Crippen LogP contribution in [-0.4, -0.2) is 0 Å². The molecule has 0 amide bonds. The monoisotopic (exact) mass is 1180 g/mol. The van der Waals surface area contributed by atoms with Crippen molar-refractivity contribution in [2.75, 3.05) is 0 Å². The van der Waals surface area contributed by atoms with E-state index < -0.39 is 0 Å². The van der Waals surface area contributed by atoms with Gasteiger partial charge in [0.25, 0.3) is 0 Å². The molecule has 10 aromatic carbocycles.